The molecule has 0 radical (unpaired) electrons. The van der Waals surface area contributed by atoms with Gasteiger partial charge in [-0.3, -0.25) is 4.90 Å². The van der Waals surface area contributed by atoms with Crippen LogP contribution in [0.2, 0.25) is 0 Å². The lowest BCUT2D eigenvalue weighted by Crippen LogP contribution is -2.31. The Bertz CT molecular complexity index is 536. The van der Waals surface area contributed by atoms with Crippen molar-refractivity contribution in [1.82, 2.24) is 9.88 Å². The Hall–Kier alpha value is -1.23. The standard InChI is InChI=1S/C15H19N3S/c16-8-4-9-18-10-7-13-14(11-18)19-15(17-13)12-5-2-1-3-6-12/h1-3,5-6H,4,7-11,16H2. The van der Waals surface area contributed by atoms with E-state index in [0.29, 0.717) is 0 Å². The average Bonchev–Trinajstić information content (AvgIpc) is 2.89. The minimum atomic E-state index is 0.779. The van der Waals surface area contributed by atoms with E-state index >= 15 is 0 Å². The van der Waals surface area contributed by atoms with E-state index in [0.717, 1.165) is 44.0 Å². The Kier molecular flexibility index (Phi) is 3.92. The fourth-order valence-electron chi connectivity index (χ4n) is 2.46. The fourth-order valence-corrected chi connectivity index (χ4v) is 3.61. The quantitative estimate of drug-likeness (QED) is 0.930. The highest BCUT2D eigenvalue weighted by Gasteiger charge is 2.20. The molecule has 2 N–H and O–H groups in total. The lowest BCUT2D eigenvalue weighted by Gasteiger charge is -2.25. The number of hydrogen-bond acceptors (Lipinski definition) is 4. The third-order valence-corrected chi connectivity index (χ3v) is 4.64. The maximum Gasteiger partial charge on any atom is 0.123 e. The number of nitrogens with two attached hydrogens (primary N) is 1. The van der Waals surface area contributed by atoms with Crippen LogP contribution < -0.4 is 5.73 Å². The van der Waals surface area contributed by atoms with Gasteiger partial charge in [0.05, 0.1) is 5.69 Å². The molecule has 0 unspecified atom stereocenters. The summed E-state index contributed by atoms with van der Waals surface area (Å²) < 4.78 is 0. The highest BCUT2D eigenvalue weighted by molar-refractivity contribution is 7.15. The molecule has 0 amide bonds. The summed E-state index contributed by atoms with van der Waals surface area (Å²) in [4.78, 5) is 8.72. The van der Waals surface area contributed by atoms with Crippen LogP contribution in [0.25, 0.3) is 10.6 Å². The second kappa shape index (κ2) is 5.82. The van der Waals surface area contributed by atoms with Gasteiger partial charge < -0.3 is 5.73 Å². The molecule has 1 aliphatic rings. The fraction of sp³-hybridized carbons (Fsp3) is 0.400. The first-order valence-corrected chi connectivity index (χ1v) is 7.65. The summed E-state index contributed by atoms with van der Waals surface area (Å²) in [5.41, 5.74) is 8.11. The molecule has 3 nitrogen and oxygen atoms in total. The van der Waals surface area contributed by atoms with Gasteiger partial charge in [-0.15, -0.1) is 11.3 Å². The van der Waals surface area contributed by atoms with Gasteiger partial charge in [0.2, 0.25) is 0 Å². The van der Waals surface area contributed by atoms with Gasteiger partial charge in [0.25, 0.3) is 0 Å². The minimum absolute atomic E-state index is 0.779. The summed E-state index contributed by atoms with van der Waals surface area (Å²) in [5, 5.41) is 1.16. The Labute approximate surface area is 118 Å². The van der Waals surface area contributed by atoms with Crippen LogP contribution in [0.4, 0.5) is 0 Å². The highest BCUT2D eigenvalue weighted by atomic mass is 32.1. The number of nitrogens with zero attached hydrogens (tertiary/aromatic N) is 2. The molecule has 2 heterocycles. The van der Waals surface area contributed by atoms with Gasteiger partial charge in [-0.1, -0.05) is 30.3 Å². The second-order valence-corrected chi connectivity index (χ2v) is 6.01. The topological polar surface area (TPSA) is 42.1 Å². The zero-order valence-electron chi connectivity index (χ0n) is 11.0. The molecule has 1 aromatic carbocycles. The number of thiazole rings is 1. The van der Waals surface area contributed by atoms with Gasteiger partial charge in [-0.25, -0.2) is 4.98 Å². The molecule has 4 heteroatoms. The lowest BCUT2D eigenvalue weighted by molar-refractivity contribution is 0.254. The maximum atomic E-state index is 5.58. The molecule has 1 aliphatic heterocycles. The Balaban J connectivity index is 1.77. The van der Waals surface area contributed by atoms with E-state index in [1.165, 1.54) is 16.1 Å². The number of hydrogen-bond donors (Lipinski definition) is 1. The van der Waals surface area contributed by atoms with Crippen LogP contribution in [0, 0.1) is 0 Å². The first-order valence-electron chi connectivity index (χ1n) is 6.83. The third kappa shape index (κ3) is 2.86. The van der Waals surface area contributed by atoms with Gasteiger partial charge in [-0.05, 0) is 19.5 Å². The maximum absolute atomic E-state index is 5.58. The van der Waals surface area contributed by atoms with Crippen LogP contribution >= 0.6 is 11.3 Å². The molecule has 0 spiro atoms. The molecule has 0 atom stereocenters. The highest BCUT2D eigenvalue weighted by Crippen LogP contribution is 2.31. The van der Waals surface area contributed by atoms with Crippen molar-refractivity contribution in [3.05, 3.63) is 40.9 Å². The van der Waals surface area contributed by atoms with Crippen molar-refractivity contribution >= 4 is 11.3 Å². The van der Waals surface area contributed by atoms with Gasteiger partial charge in [0.15, 0.2) is 0 Å². The predicted molar refractivity (Wildman–Crippen MR) is 80.2 cm³/mol. The molecule has 3 rings (SSSR count). The van der Waals surface area contributed by atoms with Gasteiger partial charge in [-0.2, -0.15) is 0 Å². The molecule has 100 valence electrons. The Morgan fingerprint density at radius 2 is 2.11 bits per heavy atom. The number of aromatic nitrogens is 1. The van der Waals surface area contributed by atoms with Crippen molar-refractivity contribution in [2.45, 2.75) is 19.4 Å². The molecular formula is C15H19N3S. The van der Waals surface area contributed by atoms with Crippen LogP contribution in [-0.4, -0.2) is 29.5 Å². The van der Waals surface area contributed by atoms with Gasteiger partial charge in [0.1, 0.15) is 5.01 Å². The van der Waals surface area contributed by atoms with E-state index in [1.54, 1.807) is 0 Å². The van der Waals surface area contributed by atoms with E-state index in [-0.39, 0.29) is 0 Å². The zero-order valence-corrected chi connectivity index (χ0v) is 11.8. The molecular weight excluding hydrogens is 254 g/mol. The third-order valence-electron chi connectivity index (χ3n) is 3.51. The smallest absolute Gasteiger partial charge is 0.123 e. The predicted octanol–water partition coefficient (Wildman–Crippen LogP) is 2.52. The first-order chi connectivity index (χ1) is 9.36. The Morgan fingerprint density at radius 1 is 1.26 bits per heavy atom. The van der Waals surface area contributed by atoms with Crippen LogP contribution in [0.3, 0.4) is 0 Å². The summed E-state index contributed by atoms with van der Waals surface area (Å²) in [6.45, 7) is 4.04. The second-order valence-electron chi connectivity index (χ2n) is 4.92. The SMILES string of the molecule is NCCCN1CCc2nc(-c3ccccc3)sc2C1. The summed E-state index contributed by atoms with van der Waals surface area (Å²) in [6, 6.07) is 10.5. The molecule has 0 saturated carbocycles. The Morgan fingerprint density at radius 3 is 2.89 bits per heavy atom. The van der Waals surface area contributed by atoms with Crippen molar-refractivity contribution in [2.75, 3.05) is 19.6 Å². The van der Waals surface area contributed by atoms with Crippen LogP contribution in [0.5, 0.6) is 0 Å². The van der Waals surface area contributed by atoms with Crippen LogP contribution in [0.15, 0.2) is 30.3 Å². The van der Waals surface area contributed by atoms with Crippen molar-refractivity contribution in [2.24, 2.45) is 5.73 Å². The van der Waals surface area contributed by atoms with Gasteiger partial charge >= 0.3 is 0 Å². The molecule has 0 aliphatic carbocycles. The molecule has 0 bridgehead atoms. The van der Waals surface area contributed by atoms with E-state index in [4.69, 9.17) is 10.7 Å². The summed E-state index contributed by atoms with van der Waals surface area (Å²) in [7, 11) is 0. The van der Waals surface area contributed by atoms with Crippen molar-refractivity contribution in [3.63, 3.8) is 0 Å². The number of fused-ring (bicyclic) bond motifs is 1. The molecule has 2 aromatic rings. The van der Waals surface area contributed by atoms with E-state index in [1.807, 2.05) is 17.4 Å². The average molecular weight is 273 g/mol. The molecule has 1 aromatic heterocycles. The van der Waals surface area contributed by atoms with Crippen molar-refractivity contribution in [3.8, 4) is 10.6 Å². The van der Waals surface area contributed by atoms with Crippen molar-refractivity contribution < 1.29 is 0 Å². The van der Waals surface area contributed by atoms with Gasteiger partial charge in [0, 0.05) is 30.0 Å². The lowest BCUT2D eigenvalue weighted by atomic mass is 10.1. The van der Waals surface area contributed by atoms with Crippen LogP contribution in [0.1, 0.15) is 17.0 Å². The summed E-state index contributed by atoms with van der Waals surface area (Å²) >= 11 is 1.84. The summed E-state index contributed by atoms with van der Waals surface area (Å²) in [5.74, 6) is 0. The molecule has 0 fully saturated rings. The molecule has 19 heavy (non-hydrogen) atoms. The minimum Gasteiger partial charge on any atom is -0.330 e. The van der Waals surface area contributed by atoms with E-state index in [9.17, 15) is 0 Å². The number of benzene rings is 1. The van der Waals surface area contributed by atoms with Crippen LogP contribution in [-0.2, 0) is 13.0 Å². The normalized spacial score (nSPS) is 15.4. The number of rotatable bonds is 4. The largest absolute Gasteiger partial charge is 0.330 e. The van der Waals surface area contributed by atoms with E-state index in [2.05, 4.69) is 29.2 Å². The van der Waals surface area contributed by atoms with Crippen molar-refractivity contribution in [1.29, 1.82) is 0 Å². The first kappa shape index (κ1) is 12.8. The molecule has 0 saturated heterocycles. The van der Waals surface area contributed by atoms with E-state index < -0.39 is 0 Å². The zero-order chi connectivity index (χ0) is 13.1. The monoisotopic (exact) mass is 273 g/mol. The summed E-state index contributed by atoms with van der Waals surface area (Å²) in [6.07, 6.45) is 2.16.